The van der Waals surface area contributed by atoms with Crippen molar-refractivity contribution in [2.24, 2.45) is 5.41 Å². The maximum atomic E-state index is 3.52. The predicted molar refractivity (Wildman–Crippen MR) is 65.8 cm³/mol. The van der Waals surface area contributed by atoms with E-state index in [9.17, 15) is 0 Å². The molecular formula is C13H19Br. The highest BCUT2D eigenvalue weighted by Gasteiger charge is 2.40. The molecule has 2 rings (SSSR count). The van der Waals surface area contributed by atoms with Crippen molar-refractivity contribution in [3.05, 3.63) is 23.3 Å². The normalized spacial score (nSPS) is 24.1. The van der Waals surface area contributed by atoms with Gasteiger partial charge in [-0.15, -0.1) is 0 Å². The first-order valence-electron chi connectivity index (χ1n) is 5.74. The topological polar surface area (TPSA) is 0 Å². The van der Waals surface area contributed by atoms with Crippen molar-refractivity contribution in [3.8, 4) is 0 Å². The maximum absolute atomic E-state index is 3.52. The molecule has 0 radical (unpaired) electrons. The molecular weight excluding hydrogens is 236 g/mol. The van der Waals surface area contributed by atoms with Crippen LogP contribution in [0.15, 0.2) is 23.3 Å². The van der Waals surface area contributed by atoms with Crippen LogP contribution in [0, 0.1) is 5.41 Å². The molecule has 1 saturated carbocycles. The van der Waals surface area contributed by atoms with E-state index in [0.717, 1.165) is 5.33 Å². The predicted octanol–water partition coefficient (Wildman–Crippen LogP) is 4.61. The van der Waals surface area contributed by atoms with Crippen molar-refractivity contribution in [2.75, 3.05) is 5.33 Å². The molecule has 0 aromatic carbocycles. The highest BCUT2D eigenvalue weighted by Crippen LogP contribution is 2.53. The van der Waals surface area contributed by atoms with Crippen molar-refractivity contribution in [2.45, 2.75) is 45.4 Å². The molecule has 78 valence electrons. The number of halogens is 1. The van der Waals surface area contributed by atoms with Crippen LogP contribution in [0.5, 0.6) is 0 Å². The standard InChI is InChI=1S/C13H19Br/c1-11-6-7-12(5-4-10-14)13(11)8-2-3-9-13/h6-7H,2-5,8-10H2,1H3. The highest BCUT2D eigenvalue weighted by atomic mass is 79.9. The highest BCUT2D eigenvalue weighted by molar-refractivity contribution is 9.09. The van der Waals surface area contributed by atoms with E-state index in [1.54, 1.807) is 11.1 Å². The Bertz CT molecular complexity index is 267. The molecule has 0 amide bonds. The van der Waals surface area contributed by atoms with Gasteiger partial charge in [-0.25, -0.2) is 0 Å². The molecule has 1 heteroatoms. The third kappa shape index (κ3) is 1.60. The van der Waals surface area contributed by atoms with Gasteiger partial charge in [-0.2, -0.15) is 0 Å². The molecule has 0 saturated heterocycles. The lowest BCUT2D eigenvalue weighted by Gasteiger charge is -2.30. The van der Waals surface area contributed by atoms with E-state index >= 15 is 0 Å². The van der Waals surface area contributed by atoms with Gasteiger partial charge in [-0.05, 0) is 32.6 Å². The van der Waals surface area contributed by atoms with Crippen molar-refractivity contribution >= 4 is 15.9 Å². The lowest BCUT2D eigenvalue weighted by Crippen LogP contribution is -2.18. The van der Waals surface area contributed by atoms with E-state index in [0.29, 0.717) is 5.41 Å². The van der Waals surface area contributed by atoms with Gasteiger partial charge < -0.3 is 0 Å². The Morgan fingerprint density at radius 3 is 2.64 bits per heavy atom. The first kappa shape index (κ1) is 10.5. The summed E-state index contributed by atoms with van der Waals surface area (Å²) in [5.41, 5.74) is 3.86. The summed E-state index contributed by atoms with van der Waals surface area (Å²) in [4.78, 5) is 0. The second kappa shape index (κ2) is 4.22. The van der Waals surface area contributed by atoms with Gasteiger partial charge in [0.05, 0.1) is 0 Å². The molecule has 0 heterocycles. The van der Waals surface area contributed by atoms with E-state index in [2.05, 4.69) is 35.0 Å². The van der Waals surface area contributed by atoms with Crippen LogP contribution in [0.2, 0.25) is 0 Å². The van der Waals surface area contributed by atoms with Crippen LogP contribution in [-0.2, 0) is 0 Å². The first-order chi connectivity index (χ1) is 6.79. The molecule has 0 N–H and O–H groups in total. The fourth-order valence-corrected chi connectivity index (χ4v) is 3.35. The Hall–Kier alpha value is -0.0400. The average molecular weight is 255 g/mol. The van der Waals surface area contributed by atoms with Crippen LogP contribution in [0.25, 0.3) is 0 Å². The van der Waals surface area contributed by atoms with Gasteiger partial charge >= 0.3 is 0 Å². The van der Waals surface area contributed by atoms with Crippen molar-refractivity contribution in [1.82, 2.24) is 0 Å². The summed E-state index contributed by atoms with van der Waals surface area (Å²) in [6, 6.07) is 0. The number of alkyl halides is 1. The summed E-state index contributed by atoms with van der Waals surface area (Å²) in [7, 11) is 0. The van der Waals surface area contributed by atoms with Gasteiger partial charge in [0.15, 0.2) is 0 Å². The third-order valence-electron chi connectivity index (χ3n) is 3.94. The largest absolute Gasteiger partial charge is 0.0928 e. The first-order valence-corrected chi connectivity index (χ1v) is 6.86. The molecule has 1 fully saturated rings. The summed E-state index contributed by atoms with van der Waals surface area (Å²) in [6.07, 6.45) is 13.0. The molecule has 1 spiro atoms. The van der Waals surface area contributed by atoms with Gasteiger partial charge in [0.25, 0.3) is 0 Å². The number of hydrogen-bond donors (Lipinski definition) is 0. The van der Waals surface area contributed by atoms with Crippen molar-refractivity contribution in [1.29, 1.82) is 0 Å². The molecule has 2 aliphatic rings. The average Bonchev–Trinajstić information content (AvgIpc) is 2.77. The van der Waals surface area contributed by atoms with Gasteiger partial charge in [0.1, 0.15) is 0 Å². The van der Waals surface area contributed by atoms with Gasteiger partial charge in [-0.1, -0.05) is 52.1 Å². The van der Waals surface area contributed by atoms with E-state index in [1.807, 2.05) is 0 Å². The Labute approximate surface area is 95.6 Å². The molecule has 14 heavy (non-hydrogen) atoms. The monoisotopic (exact) mass is 254 g/mol. The van der Waals surface area contributed by atoms with E-state index < -0.39 is 0 Å². The summed E-state index contributed by atoms with van der Waals surface area (Å²) in [6.45, 7) is 2.32. The molecule has 0 aliphatic heterocycles. The SMILES string of the molecule is CC1=CC=C(CCCBr)C12CCCC2. The van der Waals surface area contributed by atoms with Gasteiger partial charge in [0, 0.05) is 10.7 Å². The number of hydrogen-bond acceptors (Lipinski definition) is 0. The molecule has 0 atom stereocenters. The van der Waals surface area contributed by atoms with E-state index in [4.69, 9.17) is 0 Å². The van der Waals surface area contributed by atoms with Crippen LogP contribution in [0.4, 0.5) is 0 Å². The van der Waals surface area contributed by atoms with Crippen LogP contribution in [0.1, 0.15) is 45.4 Å². The maximum Gasteiger partial charge on any atom is 0.0124 e. The molecule has 2 aliphatic carbocycles. The minimum atomic E-state index is 0.516. The van der Waals surface area contributed by atoms with Crippen LogP contribution in [0.3, 0.4) is 0 Å². The second-order valence-corrected chi connectivity index (χ2v) is 5.42. The Morgan fingerprint density at radius 1 is 1.29 bits per heavy atom. The fraction of sp³-hybridized carbons (Fsp3) is 0.692. The Kier molecular flexibility index (Phi) is 3.16. The fourth-order valence-electron chi connectivity index (χ4n) is 3.07. The summed E-state index contributed by atoms with van der Waals surface area (Å²) < 4.78 is 0. The van der Waals surface area contributed by atoms with Crippen LogP contribution < -0.4 is 0 Å². The minimum Gasteiger partial charge on any atom is -0.0928 e. The number of rotatable bonds is 3. The second-order valence-electron chi connectivity index (χ2n) is 4.62. The molecule has 0 aromatic rings. The van der Waals surface area contributed by atoms with E-state index in [-0.39, 0.29) is 0 Å². The zero-order valence-electron chi connectivity index (χ0n) is 8.98. The Balaban J connectivity index is 2.11. The summed E-state index contributed by atoms with van der Waals surface area (Å²) >= 11 is 3.52. The molecule has 0 bridgehead atoms. The van der Waals surface area contributed by atoms with Gasteiger partial charge in [-0.3, -0.25) is 0 Å². The van der Waals surface area contributed by atoms with Crippen molar-refractivity contribution in [3.63, 3.8) is 0 Å². The zero-order chi connectivity index (χ0) is 10.0. The van der Waals surface area contributed by atoms with Crippen LogP contribution >= 0.6 is 15.9 Å². The zero-order valence-corrected chi connectivity index (χ0v) is 10.6. The van der Waals surface area contributed by atoms with Crippen LogP contribution in [-0.4, -0.2) is 5.33 Å². The lowest BCUT2D eigenvalue weighted by molar-refractivity contribution is 0.438. The van der Waals surface area contributed by atoms with E-state index in [1.165, 1.54) is 38.5 Å². The Morgan fingerprint density at radius 2 is 2.00 bits per heavy atom. The summed E-state index contributed by atoms with van der Waals surface area (Å²) in [5.74, 6) is 0. The minimum absolute atomic E-state index is 0.516. The molecule has 0 unspecified atom stereocenters. The van der Waals surface area contributed by atoms with Gasteiger partial charge in [0.2, 0.25) is 0 Å². The smallest absolute Gasteiger partial charge is 0.0124 e. The third-order valence-corrected chi connectivity index (χ3v) is 4.50. The van der Waals surface area contributed by atoms with Crippen molar-refractivity contribution < 1.29 is 0 Å². The summed E-state index contributed by atoms with van der Waals surface area (Å²) in [5, 5.41) is 1.14. The molecule has 0 aromatic heterocycles. The quantitative estimate of drug-likeness (QED) is 0.646. The molecule has 0 nitrogen and oxygen atoms in total. The lowest BCUT2D eigenvalue weighted by atomic mass is 9.74. The number of allylic oxidation sites excluding steroid dienone is 4.